The Balaban J connectivity index is 2.03. The zero-order valence-corrected chi connectivity index (χ0v) is 16.1. The van der Waals surface area contributed by atoms with E-state index in [0.29, 0.717) is 5.56 Å². The first-order valence-electron chi connectivity index (χ1n) is 7.33. The van der Waals surface area contributed by atoms with Crippen LogP contribution in [0.2, 0.25) is 5.02 Å². The largest absolute Gasteiger partial charge is 0.354 e. The molecule has 1 unspecified atom stereocenters. The number of hydrogen-bond donors (Lipinski definition) is 1. The number of aromatic nitrogens is 1. The number of rotatable bonds is 5. The van der Waals surface area contributed by atoms with Crippen molar-refractivity contribution in [3.05, 3.63) is 59.8 Å². The fourth-order valence-electron chi connectivity index (χ4n) is 2.27. The van der Waals surface area contributed by atoms with E-state index < -0.39 is 19.5 Å². The summed E-state index contributed by atoms with van der Waals surface area (Å²) in [5.41, 5.74) is 0.835. The second-order valence-electron chi connectivity index (χ2n) is 5.64. The predicted octanol–water partition coefficient (Wildman–Crippen LogP) is 3.50. The maximum atomic E-state index is 12.8. The van der Waals surface area contributed by atoms with Crippen LogP contribution in [0.1, 0.15) is 0 Å². The minimum atomic E-state index is -4.06. The van der Waals surface area contributed by atoms with Gasteiger partial charge in [0.25, 0.3) is 10.0 Å². The first-order chi connectivity index (χ1) is 12.2. The van der Waals surface area contributed by atoms with Gasteiger partial charge in [-0.25, -0.2) is 8.42 Å². The summed E-state index contributed by atoms with van der Waals surface area (Å²) in [5, 5.41) is 3.67. The van der Waals surface area contributed by atoms with Crippen LogP contribution in [0.25, 0.3) is 11.3 Å². The summed E-state index contributed by atoms with van der Waals surface area (Å²) in [7, 11) is -6.66. The number of nitrogens with zero attached hydrogens (tertiary/aromatic N) is 1. The molecule has 0 bridgehead atoms. The number of sulfonamides is 1. The van der Waals surface area contributed by atoms with Crippen LogP contribution in [0, 0.1) is 0 Å². The van der Waals surface area contributed by atoms with Crippen LogP contribution >= 0.6 is 11.6 Å². The van der Waals surface area contributed by atoms with Gasteiger partial charge in [0.2, 0.25) is 0 Å². The third-order valence-corrected chi connectivity index (χ3v) is 6.64. The standard InChI is InChI=1S/C17H15ClN2O4S2/c1-25(2,21)13-8-9-14(18)16(10-13)26(22,23)20-15-11-19-24-17(15)12-6-4-3-5-7-12/h3-11,20H,1H2,2H3. The van der Waals surface area contributed by atoms with E-state index in [9.17, 15) is 12.6 Å². The second kappa shape index (κ2) is 6.79. The third-order valence-electron chi connectivity index (χ3n) is 3.54. The van der Waals surface area contributed by atoms with Crippen molar-refractivity contribution in [2.24, 2.45) is 0 Å². The molecule has 3 aromatic rings. The highest BCUT2D eigenvalue weighted by atomic mass is 35.5. The van der Waals surface area contributed by atoms with E-state index in [-0.39, 0.29) is 26.3 Å². The van der Waals surface area contributed by atoms with E-state index >= 15 is 0 Å². The molecular formula is C17H15ClN2O4S2. The van der Waals surface area contributed by atoms with Crippen molar-refractivity contribution in [2.45, 2.75) is 9.79 Å². The van der Waals surface area contributed by atoms with Crippen LogP contribution in [0.15, 0.2) is 69.0 Å². The number of benzene rings is 2. The van der Waals surface area contributed by atoms with Crippen molar-refractivity contribution in [3.8, 4) is 11.3 Å². The van der Waals surface area contributed by atoms with E-state index in [0.717, 1.165) is 0 Å². The quantitative estimate of drug-likeness (QED) is 0.650. The molecule has 0 aliphatic rings. The van der Waals surface area contributed by atoms with Gasteiger partial charge in [0.15, 0.2) is 5.76 Å². The van der Waals surface area contributed by atoms with Crippen LogP contribution in [0.3, 0.4) is 0 Å². The summed E-state index contributed by atoms with van der Waals surface area (Å²) >= 11 is 6.06. The van der Waals surface area contributed by atoms with Crippen LogP contribution in [-0.2, 0) is 19.5 Å². The van der Waals surface area contributed by atoms with E-state index in [2.05, 4.69) is 15.7 Å². The van der Waals surface area contributed by atoms with Crippen molar-refractivity contribution in [3.63, 3.8) is 0 Å². The van der Waals surface area contributed by atoms with Crippen molar-refractivity contribution >= 4 is 42.7 Å². The summed E-state index contributed by atoms with van der Waals surface area (Å²) in [6.07, 6.45) is 2.69. The second-order valence-corrected chi connectivity index (χ2v) is 10.2. The van der Waals surface area contributed by atoms with Gasteiger partial charge in [-0.1, -0.05) is 47.1 Å². The van der Waals surface area contributed by atoms with Gasteiger partial charge in [0.05, 0.1) is 11.2 Å². The zero-order chi connectivity index (χ0) is 18.9. The molecule has 0 saturated heterocycles. The average molecular weight is 411 g/mol. The van der Waals surface area contributed by atoms with Gasteiger partial charge in [0.1, 0.15) is 10.6 Å². The van der Waals surface area contributed by atoms with Gasteiger partial charge in [0, 0.05) is 16.7 Å². The van der Waals surface area contributed by atoms with Gasteiger partial charge in [-0.15, -0.1) is 0 Å². The molecule has 3 rings (SSSR count). The predicted molar refractivity (Wildman–Crippen MR) is 104 cm³/mol. The highest BCUT2D eigenvalue weighted by molar-refractivity contribution is 7.99. The van der Waals surface area contributed by atoms with Gasteiger partial charge in [-0.3, -0.25) is 8.93 Å². The number of nitrogens with one attached hydrogen (secondary N) is 1. The molecule has 1 heterocycles. The highest BCUT2D eigenvalue weighted by Gasteiger charge is 2.23. The lowest BCUT2D eigenvalue weighted by atomic mass is 10.1. The lowest BCUT2D eigenvalue weighted by Gasteiger charge is -2.11. The first-order valence-corrected chi connectivity index (χ1v) is 11.3. The molecule has 0 fully saturated rings. The summed E-state index contributed by atoms with van der Waals surface area (Å²) in [6.45, 7) is 0. The zero-order valence-electron chi connectivity index (χ0n) is 13.7. The maximum absolute atomic E-state index is 12.8. The Labute approximate surface area is 156 Å². The summed E-state index contributed by atoms with van der Waals surface area (Å²) in [6, 6.07) is 13.1. The number of hydrogen-bond acceptors (Lipinski definition) is 5. The van der Waals surface area contributed by atoms with Gasteiger partial charge >= 0.3 is 0 Å². The van der Waals surface area contributed by atoms with E-state index in [1.165, 1.54) is 30.7 Å². The van der Waals surface area contributed by atoms with Gasteiger partial charge < -0.3 is 4.52 Å². The van der Waals surface area contributed by atoms with Gasteiger partial charge in [-0.2, -0.15) is 0 Å². The summed E-state index contributed by atoms with van der Waals surface area (Å²) in [5.74, 6) is 3.84. The van der Waals surface area contributed by atoms with Crippen LogP contribution in [0.5, 0.6) is 0 Å². The number of halogens is 1. The summed E-state index contributed by atoms with van der Waals surface area (Å²) in [4.78, 5) is 0.0889. The SMILES string of the molecule is C=S(C)(=O)c1ccc(Cl)c(S(=O)(=O)Nc2cnoc2-c2ccccc2)c1. The number of anilines is 1. The lowest BCUT2D eigenvalue weighted by Crippen LogP contribution is -2.14. The topological polar surface area (TPSA) is 89.3 Å². The molecule has 0 radical (unpaired) electrons. The first kappa shape index (κ1) is 18.5. The molecule has 0 aliphatic carbocycles. The molecule has 9 heteroatoms. The monoisotopic (exact) mass is 410 g/mol. The molecule has 1 N–H and O–H groups in total. The van der Waals surface area contributed by atoms with E-state index in [1.807, 2.05) is 6.07 Å². The fraction of sp³-hybridized carbons (Fsp3) is 0.0588. The molecule has 0 amide bonds. The van der Waals surface area contributed by atoms with Crippen LogP contribution in [-0.4, -0.2) is 29.9 Å². The molecule has 0 aliphatic heterocycles. The Kier molecular flexibility index (Phi) is 4.83. The minimum absolute atomic E-state index is 0.00242. The lowest BCUT2D eigenvalue weighted by molar-refractivity contribution is 0.432. The molecule has 0 spiro atoms. The Hall–Kier alpha value is -2.29. The Morgan fingerprint density at radius 1 is 1.12 bits per heavy atom. The molecule has 0 saturated carbocycles. The molecular weight excluding hydrogens is 396 g/mol. The Bertz CT molecular complexity index is 1150. The molecule has 6 nitrogen and oxygen atoms in total. The highest BCUT2D eigenvalue weighted by Crippen LogP contribution is 2.31. The molecule has 136 valence electrons. The minimum Gasteiger partial charge on any atom is -0.354 e. The molecule has 1 atom stereocenters. The maximum Gasteiger partial charge on any atom is 0.263 e. The third kappa shape index (κ3) is 3.77. The van der Waals surface area contributed by atoms with Crippen LogP contribution < -0.4 is 4.72 Å². The van der Waals surface area contributed by atoms with Crippen molar-refractivity contribution in [1.29, 1.82) is 0 Å². The Morgan fingerprint density at radius 3 is 2.46 bits per heavy atom. The van der Waals surface area contributed by atoms with Crippen molar-refractivity contribution < 1.29 is 17.1 Å². The molecule has 1 aromatic heterocycles. The molecule has 26 heavy (non-hydrogen) atoms. The van der Waals surface area contributed by atoms with E-state index in [4.69, 9.17) is 16.1 Å². The normalized spacial score (nSPS) is 13.9. The van der Waals surface area contributed by atoms with Crippen LogP contribution in [0.4, 0.5) is 5.69 Å². The fourth-order valence-corrected chi connectivity index (χ4v) is 4.64. The van der Waals surface area contributed by atoms with Crippen molar-refractivity contribution in [1.82, 2.24) is 5.16 Å². The smallest absolute Gasteiger partial charge is 0.263 e. The average Bonchev–Trinajstić information content (AvgIpc) is 3.02. The van der Waals surface area contributed by atoms with E-state index in [1.54, 1.807) is 24.3 Å². The van der Waals surface area contributed by atoms with Crippen molar-refractivity contribution in [2.75, 3.05) is 11.0 Å². The molecule has 2 aromatic carbocycles. The van der Waals surface area contributed by atoms with Gasteiger partial charge in [-0.05, 0) is 33.6 Å². The summed E-state index contributed by atoms with van der Waals surface area (Å²) < 4.78 is 45.3. The Morgan fingerprint density at radius 2 is 1.81 bits per heavy atom.